The molecule has 0 bridgehead atoms. The molecule has 0 aliphatic heterocycles. The summed E-state index contributed by atoms with van der Waals surface area (Å²) in [5, 5.41) is 0. The Bertz CT molecular complexity index is 510. The average molecular weight is 423 g/mol. The lowest BCUT2D eigenvalue weighted by Crippen LogP contribution is -2.35. The van der Waals surface area contributed by atoms with Crippen molar-refractivity contribution in [3.63, 3.8) is 0 Å². The van der Waals surface area contributed by atoms with E-state index in [0.29, 0.717) is 37.0 Å². The van der Waals surface area contributed by atoms with Crippen LogP contribution in [-0.4, -0.2) is 17.9 Å². The molecule has 0 amide bonds. The summed E-state index contributed by atoms with van der Waals surface area (Å²) in [4.78, 5) is 22.7. The molecule has 176 valence electrons. The quantitative estimate of drug-likeness (QED) is 0.400. The largest absolute Gasteiger partial charge is 0.462 e. The van der Waals surface area contributed by atoms with Crippen LogP contribution >= 0.6 is 0 Å². The standard InChI is InChI=1S/C16H28O3.C11H22/c1-11(2)14-9-8-12(3)10-15(14)19-16(18)7-5-6-13(4)17;1-8(2)11-6-5-9(3)7-10(11)4/h11-12,14-15H,5-10H2,1-4H3;8-11H,5-7H2,1-4H3. The van der Waals surface area contributed by atoms with Crippen LogP contribution in [0.4, 0.5) is 0 Å². The number of hydrogen-bond donors (Lipinski definition) is 0. The van der Waals surface area contributed by atoms with E-state index in [2.05, 4.69) is 48.5 Å². The Labute approximate surface area is 187 Å². The summed E-state index contributed by atoms with van der Waals surface area (Å²) in [6.45, 7) is 17.8. The molecule has 3 nitrogen and oxygen atoms in total. The van der Waals surface area contributed by atoms with E-state index < -0.39 is 0 Å². The smallest absolute Gasteiger partial charge is 0.306 e. The maximum Gasteiger partial charge on any atom is 0.306 e. The van der Waals surface area contributed by atoms with Crippen molar-refractivity contribution in [2.75, 3.05) is 0 Å². The van der Waals surface area contributed by atoms with Crippen LogP contribution in [0.5, 0.6) is 0 Å². The second-order valence-corrected chi connectivity index (χ2v) is 11.2. The molecule has 0 heterocycles. The van der Waals surface area contributed by atoms with Crippen molar-refractivity contribution in [2.45, 2.75) is 119 Å². The van der Waals surface area contributed by atoms with Gasteiger partial charge in [-0.25, -0.2) is 0 Å². The maximum atomic E-state index is 11.8. The Morgan fingerprint density at radius 1 is 0.800 bits per heavy atom. The second-order valence-electron chi connectivity index (χ2n) is 11.2. The molecule has 2 aliphatic carbocycles. The predicted molar refractivity (Wildman–Crippen MR) is 126 cm³/mol. The Morgan fingerprint density at radius 3 is 1.83 bits per heavy atom. The molecule has 3 heteroatoms. The molecule has 2 rings (SSSR count). The highest BCUT2D eigenvalue weighted by Crippen LogP contribution is 2.37. The fraction of sp³-hybridized carbons (Fsp3) is 0.926. The molecule has 0 aromatic carbocycles. The third-order valence-electron chi connectivity index (χ3n) is 7.51. The highest BCUT2D eigenvalue weighted by Gasteiger charge is 2.33. The minimum absolute atomic E-state index is 0.0774. The van der Waals surface area contributed by atoms with E-state index in [9.17, 15) is 9.59 Å². The molecule has 6 unspecified atom stereocenters. The predicted octanol–water partition coefficient (Wildman–Crippen LogP) is 7.46. The normalized spacial score (nSPS) is 31.8. The summed E-state index contributed by atoms with van der Waals surface area (Å²) < 4.78 is 5.67. The van der Waals surface area contributed by atoms with Gasteiger partial charge in [0.2, 0.25) is 0 Å². The highest BCUT2D eigenvalue weighted by molar-refractivity contribution is 5.76. The SMILES string of the molecule is CC(=O)CCCC(=O)OC1CC(C)CCC1C(C)C.CC1CCC(C(C)C)C(C)C1. The monoisotopic (exact) mass is 422 g/mol. The molecule has 0 radical (unpaired) electrons. The number of esters is 1. The van der Waals surface area contributed by atoms with Gasteiger partial charge in [0.25, 0.3) is 0 Å². The number of hydrogen-bond acceptors (Lipinski definition) is 3. The van der Waals surface area contributed by atoms with Crippen LogP contribution in [0.1, 0.15) is 113 Å². The molecule has 0 aromatic heterocycles. The molecular weight excluding hydrogens is 372 g/mol. The van der Waals surface area contributed by atoms with E-state index in [-0.39, 0.29) is 17.9 Å². The van der Waals surface area contributed by atoms with Crippen molar-refractivity contribution in [3.8, 4) is 0 Å². The molecule has 30 heavy (non-hydrogen) atoms. The number of Topliss-reactive ketones (excluding diaryl/α,β-unsaturated/α-hetero) is 1. The maximum absolute atomic E-state index is 11.8. The Balaban J connectivity index is 0.000000346. The van der Waals surface area contributed by atoms with Gasteiger partial charge in [0.05, 0.1) is 0 Å². The van der Waals surface area contributed by atoms with Crippen molar-refractivity contribution >= 4 is 11.8 Å². The van der Waals surface area contributed by atoms with Crippen LogP contribution in [0, 0.1) is 41.4 Å². The van der Waals surface area contributed by atoms with Crippen LogP contribution in [0.3, 0.4) is 0 Å². The summed E-state index contributed by atoms with van der Waals surface area (Å²) in [5.74, 6) is 5.56. The number of ether oxygens (including phenoxy) is 1. The topological polar surface area (TPSA) is 43.4 Å². The van der Waals surface area contributed by atoms with Gasteiger partial charge in [-0.1, -0.05) is 61.3 Å². The summed E-state index contributed by atoms with van der Waals surface area (Å²) in [5.41, 5.74) is 0. The summed E-state index contributed by atoms with van der Waals surface area (Å²) >= 11 is 0. The first kappa shape index (κ1) is 27.2. The molecule has 2 aliphatic rings. The molecule has 0 saturated heterocycles. The zero-order valence-electron chi connectivity index (χ0n) is 21.2. The van der Waals surface area contributed by atoms with Crippen molar-refractivity contribution in [1.82, 2.24) is 0 Å². The van der Waals surface area contributed by atoms with Gasteiger partial charge < -0.3 is 9.53 Å². The van der Waals surface area contributed by atoms with Crippen LogP contribution in [-0.2, 0) is 14.3 Å². The van der Waals surface area contributed by atoms with Crippen molar-refractivity contribution in [1.29, 1.82) is 0 Å². The second kappa shape index (κ2) is 13.5. The third-order valence-corrected chi connectivity index (χ3v) is 7.51. The lowest BCUT2D eigenvalue weighted by molar-refractivity contribution is -0.156. The van der Waals surface area contributed by atoms with Gasteiger partial charge >= 0.3 is 5.97 Å². The minimum atomic E-state index is -0.133. The van der Waals surface area contributed by atoms with Crippen molar-refractivity contribution in [3.05, 3.63) is 0 Å². The first-order valence-electron chi connectivity index (χ1n) is 12.7. The van der Waals surface area contributed by atoms with Gasteiger partial charge in [0.15, 0.2) is 0 Å². The molecule has 2 fully saturated rings. The summed E-state index contributed by atoms with van der Waals surface area (Å²) in [6.07, 6.45) is 9.32. The van der Waals surface area contributed by atoms with Gasteiger partial charge in [-0.3, -0.25) is 4.79 Å². The van der Waals surface area contributed by atoms with Crippen LogP contribution in [0.2, 0.25) is 0 Å². The Kier molecular flexibility index (Phi) is 12.3. The molecule has 2 saturated carbocycles. The van der Waals surface area contributed by atoms with Crippen LogP contribution in [0.25, 0.3) is 0 Å². The first-order chi connectivity index (χ1) is 14.0. The van der Waals surface area contributed by atoms with Gasteiger partial charge in [-0.05, 0) is 80.5 Å². The van der Waals surface area contributed by atoms with Crippen LogP contribution < -0.4 is 0 Å². The number of rotatable bonds is 7. The zero-order valence-corrected chi connectivity index (χ0v) is 21.2. The molecule has 0 N–H and O–H groups in total. The molecule has 0 spiro atoms. The molecule has 6 atom stereocenters. The van der Waals surface area contributed by atoms with E-state index in [1.807, 2.05) is 0 Å². The lowest BCUT2D eigenvalue weighted by atomic mass is 9.71. The Hall–Kier alpha value is -0.860. The van der Waals surface area contributed by atoms with E-state index in [4.69, 9.17) is 4.74 Å². The van der Waals surface area contributed by atoms with E-state index in [0.717, 1.165) is 36.5 Å². The van der Waals surface area contributed by atoms with E-state index in [1.165, 1.54) is 25.7 Å². The van der Waals surface area contributed by atoms with Gasteiger partial charge in [-0.15, -0.1) is 0 Å². The van der Waals surface area contributed by atoms with Crippen LogP contribution in [0.15, 0.2) is 0 Å². The fourth-order valence-electron chi connectivity index (χ4n) is 5.64. The Morgan fingerprint density at radius 2 is 1.33 bits per heavy atom. The van der Waals surface area contributed by atoms with E-state index >= 15 is 0 Å². The molecular formula is C27H50O3. The summed E-state index contributed by atoms with van der Waals surface area (Å²) in [6, 6.07) is 0. The fourth-order valence-corrected chi connectivity index (χ4v) is 5.64. The van der Waals surface area contributed by atoms with Crippen molar-refractivity contribution < 1.29 is 14.3 Å². The summed E-state index contributed by atoms with van der Waals surface area (Å²) in [7, 11) is 0. The zero-order chi connectivity index (χ0) is 22.8. The molecule has 0 aromatic rings. The third kappa shape index (κ3) is 9.96. The minimum Gasteiger partial charge on any atom is -0.462 e. The van der Waals surface area contributed by atoms with Gasteiger partial charge in [0.1, 0.15) is 11.9 Å². The van der Waals surface area contributed by atoms with Crippen molar-refractivity contribution in [2.24, 2.45) is 41.4 Å². The lowest BCUT2D eigenvalue weighted by Gasteiger charge is -2.36. The van der Waals surface area contributed by atoms with E-state index in [1.54, 1.807) is 6.92 Å². The van der Waals surface area contributed by atoms with Gasteiger partial charge in [0, 0.05) is 12.8 Å². The number of carbonyl (C=O) groups excluding carboxylic acids is 2. The van der Waals surface area contributed by atoms with Gasteiger partial charge in [-0.2, -0.15) is 0 Å². The first-order valence-corrected chi connectivity index (χ1v) is 12.7. The number of ketones is 1. The highest BCUT2D eigenvalue weighted by atomic mass is 16.5. The number of carbonyl (C=O) groups is 2. The average Bonchev–Trinajstić information content (AvgIpc) is 2.61.